The summed E-state index contributed by atoms with van der Waals surface area (Å²) in [6.07, 6.45) is 1.45. The number of benzene rings is 1. The third-order valence-corrected chi connectivity index (χ3v) is 4.64. The van der Waals surface area contributed by atoms with E-state index in [1.165, 1.54) is 6.07 Å². The molecule has 2 aromatic heterocycles. The third kappa shape index (κ3) is 2.75. The summed E-state index contributed by atoms with van der Waals surface area (Å²) in [7, 11) is 0. The molecule has 0 aliphatic heterocycles. The van der Waals surface area contributed by atoms with Crippen molar-refractivity contribution in [3.05, 3.63) is 71.2 Å². The number of nitrogens with two attached hydrogens (primary N) is 1. The van der Waals surface area contributed by atoms with Gasteiger partial charge in [0.25, 0.3) is 0 Å². The summed E-state index contributed by atoms with van der Waals surface area (Å²) in [5.74, 6) is 0.719. The van der Waals surface area contributed by atoms with Gasteiger partial charge in [0.15, 0.2) is 11.6 Å². The average Bonchev–Trinajstić information content (AvgIpc) is 3.29. The Hall–Kier alpha value is -3.09. The van der Waals surface area contributed by atoms with E-state index in [0.717, 1.165) is 18.5 Å². The molecule has 0 unspecified atom stereocenters. The second-order valence-corrected chi connectivity index (χ2v) is 6.61. The van der Waals surface area contributed by atoms with Crippen LogP contribution in [0, 0.1) is 12.7 Å². The molecular weight excluding hydrogens is 333 g/mol. The maximum atomic E-state index is 14.5. The van der Waals surface area contributed by atoms with Crippen LogP contribution in [0.5, 0.6) is 0 Å². The van der Waals surface area contributed by atoms with Gasteiger partial charge in [-0.15, -0.1) is 5.10 Å². The van der Waals surface area contributed by atoms with E-state index in [-0.39, 0.29) is 12.2 Å². The summed E-state index contributed by atoms with van der Waals surface area (Å²) in [6, 6.07) is 12.3. The molecule has 1 aliphatic carbocycles. The molecule has 2 N–H and O–H groups in total. The Morgan fingerprint density at radius 1 is 1.19 bits per heavy atom. The molecule has 1 fully saturated rings. The van der Waals surface area contributed by atoms with Gasteiger partial charge in [-0.1, -0.05) is 24.3 Å². The molecule has 0 spiro atoms. The van der Waals surface area contributed by atoms with Crippen LogP contribution in [0.1, 0.15) is 35.7 Å². The molecule has 0 atom stereocenters. The van der Waals surface area contributed by atoms with Gasteiger partial charge in [0, 0.05) is 11.3 Å². The maximum absolute atomic E-state index is 14.5. The van der Waals surface area contributed by atoms with Crippen LogP contribution in [0.25, 0.3) is 5.82 Å². The minimum Gasteiger partial charge on any atom is -0.369 e. The molecule has 1 aliphatic rings. The van der Waals surface area contributed by atoms with Gasteiger partial charge in [0.1, 0.15) is 11.6 Å². The average molecular weight is 351 g/mol. The lowest BCUT2D eigenvalue weighted by Crippen LogP contribution is -2.18. The highest BCUT2D eigenvalue weighted by atomic mass is 19.1. The van der Waals surface area contributed by atoms with Gasteiger partial charge in [0.05, 0.1) is 11.8 Å². The van der Waals surface area contributed by atoms with Gasteiger partial charge in [-0.3, -0.25) is 4.79 Å². The summed E-state index contributed by atoms with van der Waals surface area (Å²) in [6.45, 7) is 1.88. The molecule has 1 amide bonds. The second-order valence-electron chi connectivity index (χ2n) is 6.61. The van der Waals surface area contributed by atoms with Gasteiger partial charge >= 0.3 is 0 Å². The third-order valence-electron chi connectivity index (χ3n) is 4.64. The van der Waals surface area contributed by atoms with Gasteiger partial charge in [-0.2, -0.15) is 4.68 Å². The van der Waals surface area contributed by atoms with Crippen molar-refractivity contribution >= 4 is 5.91 Å². The molecule has 0 radical (unpaired) electrons. The largest absolute Gasteiger partial charge is 0.369 e. The van der Waals surface area contributed by atoms with Crippen molar-refractivity contribution in [2.45, 2.75) is 31.6 Å². The predicted octanol–water partition coefficient (Wildman–Crippen LogP) is 2.22. The maximum Gasteiger partial charge on any atom is 0.225 e. The fourth-order valence-corrected chi connectivity index (χ4v) is 3.29. The number of halogens is 1. The van der Waals surface area contributed by atoms with E-state index in [1.807, 2.05) is 31.2 Å². The van der Waals surface area contributed by atoms with Crippen LogP contribution in [0.2, 0.25) is 0 Å². The number of aryl methyl sites for hydroxylation is 1. The predicted molar refractivity (Wildman–Crippen MR) is 93.2 cm³/mol. The van der Waals surface area contributed by atoms with Crippen LogP contribution in [0.4, 0.5) is 4.39 Å². The monoisotopic (exact) mass is 351 g/mol. The molecule has 6 nitrogen and oxygen atoms in total. The van der Waals surface area contributed by atoms with Crippen molar-refractivity contribution in [2.24, 2.45) is 5.73 Å². The van der Waals surface area contributed by atoms with Crippen molar-refractivity contribution in [1.82, 2.24) is 19.7 Å². The number of rotatable bonds is 5. The number of nitrogens with zero attached hydrogens (tertiary/aromatic N) is 4. The minimum atomic E-state index is -0.556. The molecule has 26 heavy (non-hydrogen) atoms. The summed E-state index contributed by atoms with van der Waals surface area (Å²) < 4.78 is 16.1. The fourth-order valence-electron chi connectivity index (χ4n) is 3.29. The highest BCUT2D eigenvalue weighted by Crippen LogP contribution is 2.53. The standard InChI is InChI=1S/C19H18FN5O/c1-12-5-4-8-17(22-12)25-18(23-16(24-25)11-15(21)26)19(9-10-19)13-6-2-3-7-14(13)20/h2-8H,9-11H2,1H3,(H2,21,26). The molecule has 3 aromatic rings. The van der Waals surface area contributed by atoms with E-state index in [1.54, 1.807) is 16.8 Å². The zero-order chi connectivity index (χ0) is 18.3. The van der Waals surface area contributed by atoms with Crippen LogP contribution in [0.3, 0.4) is 0 Å². The first kappa shape index (κ1) is 16.4. The number of hydrogen-bond acceptors (Lipinski definition) is 4. The number of amides is 1. The highest BCUT2D eigenvalue weighted by Gasteiger charge is 2.51. The Kier molecular flexibility index (Phi) is 3.79. The van der Waals surface area contributed by atoms with E-state index >= 15 is 0 Å². The van der Waals surface area contributed by atoms with Crippen LogP contribution >= 0.6 is 0 Å². The van der Waals surface area contributed by atoms with Crippen molar-refractivity contribution < 1.29 is 9.18 Å². The van der Waals surface area contributed by atoms with Crippen molar-refractivity contribution in [3.8, 4) is 5.82 Å². The SMILES string of the molecule is Cc1cccc(-n2nc(CC(N)=O)nc2C2(c3ccccc3F)CC2)n1. The van der Waals surface area contributed by atoms with Crippen molar-refractivity contribution in [1.29, 1.82) is 0 Å². The number of carbonyl (C=O) groups excluding carboxylic acids is 1. The quantitative estimate of drug-likeness (QED) is 0.763. The summed E-state index contributed by atoms with van der Waals surface area (Å²) >= 11 is 0. The van der Waals surface area contributed by atoms with Crippen LogP contribution in [-0.4, -0.2) is 25.7 Å². The normalized spacial score (nSPS) is 15.0. The van der Waals surface area contributed by atoms with Crippen molar-refractivity contribution in [2.75, 3.05) is 0 Å². The smallest absolute Gasteiger partial charge is 0.225 e. The molecule has 1 saturated carbocycles. The number of carbonyl (C=O) groups is 1. The van der Waals surface area contributed by atoms with E-state index in [2.05, 4.69) is 15.1 Å². The Morgan fingerprint density at radius 3 is 2.62 bits per heavy atom. The highest BCUT2D eigenvalue weighted by molar-refractivity contribution is 5.75. The lowest BCUT2D eigenvalue weighted by Gasteiger charge is -2.16. The van der Waals surface area contributed by atoms with Gasteiger partial charge < -0.3 is 5.73 Å². The molecule has 1 aromatic carbocycles. The zero-order valence-corrected chi connectivity index (χ0v) is 14.3. The lowest BCUT2D eigenvalue weighted by molar-refractivity contribution is -0.117. The molecule has 2 heterocycles. The van der Waals surface area contributed by atoms with E-state index in [4.69, 9.17) is 5.73 Å². The first-order valence-electron chi connectivity index (χ1n) is 8.43. The Balaban J connectivity index is 1.89. The summed E-state index contributed by atoms with van der Waals surface area (Å²) in [5, 5.41) is 4.44. The van der Waals surface area contributed by atoms with E-state index < -0.39 is 11.3 Å². The second kappa shape index (κ2) is 6.01. The summed E-state index contributed by atoms with van der Waals surface area (Å²) in [4.78, 5) is 20.4. The topological polar surface area (TPSA) is 86.7 Å². The number of hydrogen-bond donors (Lipinski definition) is 1. The molecule has 4 rings (SSSR count). The van der Waals surface area contributed by atoms with Gasteiger partial charge in [-0.05, 0) is 38.0 Å². The Bertz CT molecular complexity index is 993. The van der Waals surface area contributed by atoms with Crippen LogP contribution in [0.15, 0.2) is 42.5 Å². The summed E-state index contributed by atoms with van der Waals surface area (Å²) in [5.41, 5.74) is 6.17. The van der Waals surface area contributed by atoms with E-state index in [0.29, 0.717) is 23.0 Å². The fraction of sp³-hybridized carbons (Fsp3) is 0.263. The molecule has 7 heteroatoms. The first-order chi connectivity index (χ1) is 12.5. The Labute approximate surface area is 149 Å². The molecular formula is C19H18FN5O. The van der Waals surface area contributed by atoms with Crippen LogP contribution < -0.4 is 5.73 Å². The molecule has 0 saturated heterocycles. The van der Waals surface area contributed by atoms with Gasteiger partial charge in [-0.25, -0.2) is 14.4 Å². The Morgan fingerprint density at radius 2 is 1.96 bits per heavy atom. The minimum absolute atomic E-state index is 0.0703. The number of aromatic nitrogens is 4. The number of primary amides is 1. The molecule has 0 bridgehead atoms. The van der Waals surface area contributed by atoms with Crippen molar-refractivity contribution in [3.63, 3.8) is 0 Å². The molecule has 132 valence electrons. The number of pyridine rings is 1. The lowest BCUT2D eigenvalue weighted by atomic mass is 9.94. The zero-order valence-electron chi connectivity index (χ0n) is 14.3. The first-order valence-corrected chi connectivity index (χ1v) is 8.43. The van der Waals surface area contributed by atoms with Crippen LogP contribution in [-0.2, 0) is 16.6 Å². The van der Waals surface area contributed by atoms with E-state index in [9.17, 15) is 9.18 Å². The van der Waals surface area contributed by atoms with Gasteiger partial charge in [0.2, 0.25) is 5.91 Å².